The van der Waals surface area contributed by atoms with Gasteiger partial charge in [-0.1, -0.05) is 19.8 Å². The van der Waals surface area contributed by atoms with Gasteiger partial charge in [-0.25, -0.2) is 0 Å². The molecule has 2 unspecified atom stereocenters. The Morgan fingerprint density at radius 2 is 2.22 bits per heavy atom. The van der Waals surface area contributed by atoms with Crippen molar-refractivity contribution in [3.63, 3.8) is 0 Å². The molecule has 4 heteroatoms. The maximum Gasteiger partial charge on any atom is 0.0685 e. The molecule has 2 rings (SSSR count). The van der Waals surface area contributed by atoms with Gasteiger partial charge >= 0.3 is 0 Å². The smallest absolute Gasteiger partial charge is 0.0685 e. The van der Waals surface area contributed by atoms with Crippen molar-refractivity contribution in [2.45, 2.75) is 63.5 Å². The van der Waals surface area contributed by atoms with Crippen LogP contribution in [0.5, 0.6) is 0 Å². The molecule has 1 saturated heterocycles. The molecule has 2 fully saturated rings. The van der Waals surface area contributed by atoms with E-state index < -0.39 is 0 Å². The summed E-state index contributed by atoms with van der Waals surface area (Å²) in [5, 5.41) is 0. The van der Waals surface area contributed by atoms with Crippen molar-refractivity contribution in [1.82, 2.24) is 5.43 Å². The first-order valence-electron chi connectivity index (χ1n) is 7.47. The molecule has 0 aromatic rings. The maximum absolute atomic E-state index is 6.07. The number of nitrogens with one attached hydrogen (secondary N) is 1. The summed E-state index contributed by atoms with van der Waals surface area (Å²) < 4.78 is 11.7. The predicted molar refractivity (Wildman–Crippen MR) is 72.1 cm³/mol. The summed E-state index contributed by atoms with van der Waals surface area (Å²) >= 11 is 0. The van der Waals surface area contributed by atoms with Gasteiger partial charge in [-0.2, -0.15) is 0 Å². The van der Waals surface area contributed by atoms with Crippen LogP contribution in [0.2, 0.25) is 0 Å². The molecular formula is C14H28N2O2. The van der Waals surface area contributed by atoms with E-state index in [1.165, 1.54) is 25.7 Å². The Hall–Kier alpha value is -0.160. The molecule has 1 saturated carbocycles. The van der Waals surface area contributed by atoms with Gasteiger partial charge in [0.25, 0.3) is 0 Å². The molecule has 18 heavy (non-hydrogen) atoms. The third-order valence-corrected chi connectivity index (χ3v) is 4.47. The average molecular weight is 256 g/mol. The van der Waals surface area contributed by atoms with Crippen LogP contribution in [-0.2, 0) is 9.47 Å². The zero-order valence-electron chi connectivity index (χ0n) is 11.6. The first-order chi connectivity index (χ1) is 8.79. The number of hydrogen-bond acceptors (Lipinski definition) is 4. The Morgan fingerprint density at radius 1 is 1.44 bits per heavy atom. The number of hydrogen-bond donors (Lipinski definition) is 2. The van der Waals surface area contributed by atoms with E-state index in [4.69, 9.17) is 15.3 Å². The second-order valence-corrected chi connectivity index (χ2v) is 5.84. The van der Waals surface area contributed by atoms with Gasteiger partial charge in [0.15, 0.2) is 0 Å². The van der Waals surface area contributed by atoms with E-state index in [1.54, 1.807) is 0 Å². The van der Waals surface area contributed by atoms with E-state index >= 15 is 0 Å². The van der Waals surface area contributed by atoms with Crippen molar-refractivity contribution in [2.24, 2.45) is 11.8 Å². The van der Waals surface area contributed by atoms with Crippen LogP contribution in [0.1, 0.15) is 51.9 Å². The van der Waals surface area contributed by atoms with Crippen molar-refractivity contribution >= 4 is 0 Å². The molecule has 1 heterocycles. The maximum atomic E-state index is 6.07. The van der Waals surface area contributed by atoms with Gasteiger partial charge in [-0.3, -0.25) is 11.3 Å². The van der Waals surface area contributed by atoms with Crippen LogP contribution in [0, 0.1) is 5.92 Å². The SMILES string of the molecule is CCCOCC(NN)C1CCOC2(CCCC2)C1. The Morgan fingerprint density at radius 3 is 2.89 bits per heavy atom. The van der Waals surface area contributed by atoms with E-state index in [1.807, 2.05) is 0 Å². The second kappa shape index (κ2) is 6.85. The monoisotopic (exact) mass is 256 g/mol. The Labute approximate surface area is 111 Å². The molecule has 0 aromatic heterocycles. The highest BCUT2D eigenvalue weighted by Gasteiger charge is 2.41. The van der Waals surface area contributed by atoms with Crippen molar-refractivity contribution < 1.29 is 9.47 Å². The van der Waals surface area contributed by atoms with Crippen LogP contribution in [0.25, 0.3) is 0 Å². The number of hydrazine groups is 1. The lowest BCUT2D eigenvalue weighted by Gasteiger charge is -2.41. The van der Waals surface area contributed by atoms with Gasteiger partial charge in [0.05, 0.1) is 12.2 Å². The average Bonchev–Trinajstić information content (AvgIpc) is 2.83. The third-order valence-electron chi connectivity index (χ3n) is 4.47. The molecule has 1 spiro atoms. The van der Waals surface area contributed by atoms with Crippen molar-refractivity contribution in [3.05, 3.63) is 0 Å². The van der Waals surface area contributed by atoms with Gasteiger partial charge in [-0.05, 0) is 38.0 Å². The predicted octanol–water partition coefficient (Wildman–Crippen LogP) is 1.98. The molecule has 1 aliphatic carbocycles. The minimum absolute atomic E-state index is 0.169. The molecule has 4 nitrogen and oxygen atoms in total. The molecule has 1 aliphatic heterocycles. The second-order valence-electron chi connectivity index (χ2n) is 5.84. The Balaban J connectivity index is 1.85. The van der Waals surface area contributed by atoms with Crippen LogP contribution >= 0.6 is 0 Å². The number of nitrogens with two attached hydrogens (primary N) is 1. The van der Waals surface area contributed by atoms with Crippen LogP contribution in [0.3, 0.4) is 0 Å². The highest BCUT2D eigenvalue weighted by Crippen LogP contribution is 2.42. The molecular weight excluding hydrogens is 228 g/mol. The molecule has 0 bridgehead atoms. The summed E-state index contributed by atoms with van der Waals surface area (Å²) in [6.07, 6.45) is 8.42. The van der Waals surface area contributed by atoms with Gasteiger partial charge in [0.1, 0.15) is 0 Å². The van der Waals surface area contributed by atoms with Gasteiger partial charge < -0.3 is 9.47 Å². The normalized spacial score (nSPS) is 28.7. The summed E-state index contributed by atoms with van der Waals surface area (Å²) in [6, 6.07) is 0.276. The zero-order chi connectivity index (χ0) is 12.8. The summed E-state index contributed by atoms with van der Waals surface area (Å²) in [6.45, 7) is 4.57. The Kier molecular flexibility index (Phi) is 5.42. The van der Waals surface area contributed by atoms with Gasteiger partial charge in [-0.15, -0.1) is 0 Å². The van der Waals surface area contributed by atoms with Crippen molar-refractivity contribution in [1.29, 1.82) is 0 Å². The summed E-state index contributed by atoms with van der Waals surface area (Å²) in [5.41, 5.74) is 3.13. The van der Waals surface area contributed by atoms with E-state index in [-0.39, 0.29) is 11.6 Å². The standard InChI is InChI=1S/C14H28N2O2/c1-2-8-17-11-13(16-15)12-5-9-18-14(10-12)6-3-4-7-14/h12-13,16H,2-11,15H2,1H3. The topological polar surface area (TPSA) is 56.5 Å². The van der Waals surface area contributed by atoms with E-state index in [2.05, 4.69) is 12.3 Å². The largest absolute Gasteiger partial charge is 0.380 e. The fourth-order valence-corrected chi connectivity index (χ4v) is 3.45. The highest BCUT2D eigenvalue weighted by atomic mass is 16.5. The van der Waals surface area contributed by atoms with Crippen molar-refractivity contribution in [3.8, 4) is 0 Å². The quantitative estimate of drug-likeness (QED) is 0.433. The zero-order valence-corrected chi connectivity index (χ0v) is 11.6. The Bertz CT molecular complexity index is 242. The number of ether oxygens (including phenoxy) is 2. The van der Waals surface area contributed by atoms with Crippen LogP contribution < -0.4 is 11.3 Å². The highest BCUT2D eigenvalue weighted by molar-refractivity contribution is 4.93. The fraction of sp³-hybridized carbons (Fsp3) is 1.00. The lowest BCUT2D eigenvalue weighted by molar-refractivity contribution is -0.102. The summed E-state index contributed by atoms with van der Waals surface area (Å²) in [7, 11) is 0. The van der Waals surface area contributed by atoms with E-state index in [9.17, 15) is 0 Å². The molecule has 0 aromatic carbocycles. The van der Waals surface area contributed by atoms with Crippen LogP contribution in [0.4, 0.5) is 0 Å². The van der Waals surface area contributed by atoms with E-state index in [0.29, 0.717) is 5.92 Å². The fourth-order valence-electron chi connectivity index (χ4n) is 3.45. The van der Waals surface area contributed by atoms with E-state index in [0.717, 1.165) is 39.1 Å². The molecule has 3 N–H and O–H groups in total. The lowest BCUT2D eigenvalue weighted by Crippen LogP contribution is -2.50. The minimum atomic E-state index is 0.169. The lowest BCUT2D eigenvalue weighted by atomic mass is 9.81. The van der Waals surface area contributed by atoms with Crippen molar-refractivity contribution in [2.75, 3.05) is 19.8 Å². The third kappa shape index (κ3) is 3.44. The molecule has 106 valence electrons. The first kappa shape index (κ1) is 14.3. The van der Waals surface area contributed by atoms with Crippen LogP contribution in [-0.4, -0.2) is 31.5 Å². The molecule has 2 aliphatic rings. The first-order valence-corrected chi connectivity index (χ1v) is 7.47. The molecule has 0 amide bonds. The van der Waals surface area contributed by atoms with Gasteiger partial charge in [0, 0.05) is 19.3 Å². The summed E-state index contributed by atoms with van der Waals surface area (Å²) in [4.78, 5) is 0. The number of rotatable bonds is 6. The minimum Gasteiger partial charge on any atom is -0.380 e. The summed E-state index contributed by atoms with van der Waals surface area (Å²) in [5.74, 6) is 6.30. The van der Waals surface area contributed by atoms with Crippen LogP contribution in [0.15, 0.2) is 0 Å². The van der Waals surface area contributed by atoms with Gasteiger partial charge in [0.2, 0.25) is 0 Å². The molecule has 0 radical (unpaired) electrons. The molecule has 2 atom stereocenters.